The Morgan fingerprint density at radius 2 is 2.09 bits per heavy atom. The van der Waals surface area contributed by atoms with Crippen molar-refractivity contribution in [2.45, 2.75) is 12.6 Å². The van der Waals surface area contributed by atoms with Crippen LogP contribution in [0.3, 0.4) is 0 Å². The number of piperazine rings is 1. The lowest BCUT2D eigenvalue weighted by molar-refractivity contribution is -0.134. The number of amides is 1. The van der Waals surface area contributed by atoms with Crippen molar-refractivity contribution in [1.29, 1.82) is 0 Å². The average Bonchev–Trinajstić information content (AvgIpc) is 3.05. The molecule has 2 heterocycles. The van der Waals surface area contributed by atoms with Gasteiger partial charge in [-0.05, 0) is 12.1 Å². The van der Waals surface area contributed by atoms with Crippen molar-refractivity contribution in [1.82, 2.24) is 26.2 Å². The zero-order chi connectivity index (χ0) is 15.5. The number of carbonyl (C=O) groups excluding carboxylic acids is 1. The van der Waals surface area contributed by atoms with Gasteiger partial charge in [0.05, 0.1) is 0 Å². The Hall–Kier alpha value is -1.25. The number of nitrogens with zero attached hydrogens (tertiary/aromatic N) is 2. The van der Waals surface area contributed by atoms with E-state index in [2.05, 4.69) is 21.3 Å². The van der Waals surface area contributed by atoms with Gasteiger partial charge >= 0.3 is 0 Å². The molecule has 22 heavy (non-hydrogen) atoms. The summed E-state index contributed by atoms with van der Waals surface area (Å²) in [5.41, 5.74) is 9.01. The van der Waals surface area contributed by atoms with Crippen LogP contribution in [0.2, 0.25) is 5.02 Å². The molecule has 0 aliphatic carbocycles. The lowest BCUT2D eigenvalue weighted by Gasteiger charge is -2.35. The molecule has 0 radical (unpaired) electrons. The van der Waals surface area contributed by atoms with E-state index in [-0.39, 0.29) is 17.8 Å². The number of halogens is 2. The zero-order valence-electron chi connectivity index (χ0n) is 12.1. The van der Waals surface area contributed by atoms with Crippen LogP contribution in [0.4, 0.5) is 4.39 Å². The summed E-state index contributed by atoms with van der Waals surface area (Å²) in [4.78, 5) is 16.2. The second kappa shape index (κ2) is 6.89. The van der Waals surface area contributed by atoms with E-state index in [9.17, 15) is 9.18 Å². The molecule has 2 aliphatic heterocycles. The maximum atomic E-state index is 13.8. The van der Waals surface area contributed by atoms with Crippen molar-refractivity contribution < 1.29 is 9.18 Å². The van der Waals surface area contributed by atoms with Gasteiger partial charge in [0.25, 0.3) is 0 Å². The van der Waals surface area contributed by atoms with Crippen LogP contribution in [0, 0.1) is 5.82 Å². The third kappa shape index (κ3) is 3.39. The van der Waals surface area contributed by atoms with Gasteiger partial charge in [-0.25, -0.2) is 15.2 Å². The zero-order valence-corrected chi connectivity index (χ0v) is 12.9. The summed E-state index contributed by atoms with van der Waals surface area (Å²) in [6.45, 7) is 3.75. The van der Waals surface area contributed by atoms with Gasteiger partial charge in [0.15, 0.2) is 0 Å². The van der Waals surface area contributed by atoms with Crippen molar-refractivity contribution in [3.05, 3.63) is 34.6 Å². The quantitative estimate of drug-likeness (QED) is 0.735. The van der Waals surface area contributed by atoms with Crippen LogP contribution in [0.1, 0.15) is 5.56 Å². The Bertz CT molecular complexity index is 524. The summed E-state index contributed by atoms with van der Waals surface area (Å²) in [6, 6.07) is 4.50. The predicted molar refractivity (Wildman–Crippen MR) is 81.3 cm³/mol. The van der Waals surface area contributed by atoms with E-state index < -0.39 is 0 Å². The highest BCUT2D eigenvalue weighted by Gasteiger charge is 2.29. The number of carbonyl (C=O) groups is 1. The summed E-state index contributed by atoms with van der Waals surface area (Å²) in [5, 5.41) is 0.450. The summed E-state index contributed by atoms with van der Waals surface area (Å²) in [7, 11) is 0. The topological polar surface area (TPSA) is 59.6 Å². The number of benzene rings is 1. The van der Waals surface area contributed by atoms with Gasteiger partial charge < -0.3 is 4.90 Å². The van der Waals surface area contributed by atoms with E-state index in [0.717, 1.165) is 0 Å². The highest BCUT2D eigenvalue weighted by Crippen LogP contribution is 2.21. The molecule has 2 saturated heterocycles. The summed E-state index contributed by atoms with van der Waals surface area (Å²) in [6.07, 6.45) is 0. The largest absolute Gasteiger partial charge is 0.339 e. The fourth-order valence-corrected chi connectivity index (χ4v) is 2.97. The van der Waals surface area contributed by atoms with Crippen molar-refractivity contribution in [3.8, 4) is 0 Å². The van der Waals surface area contributed by atoms with Crippen molar-refractivity contribution in [3.63, 3.8) is 0 Å². The van der Waals surface area contributed by atoms with E-state index in [1.54, 1.807) is 12.1 Å². The van der Waals surface area contributed by atoms with Gasteiger partial charge in [0.2, 0.25) is 5.91 Å². The van der Waals surface area contributed by atoms with E-state index in [1.165, 1.54) is 6.07 Å². The Morgan fingerprint density at radius 3 is 2.73 bits per heavy atom. The van der Waals surface area contributed by atoms with E-state index in [1.807, 2.05) is 4.90 Å². The molecule has 3 N–H and O–H groups in total. The Labute approximate surface area is 133 Å². The molecule has 3 rings (SSSR count). The molecular weight excluding hydrogens is 309 g/mol. The fourth-order valence-electron chi connectivity index (χ4n) is 2.75. The predicted octanol–water partition coefficient (Wildman–Crippen LogP) is 0.104. The van der Waals surface area contributed by atoms with Gasteiger partial charge in [-0.1, -0.05) is 17.7 Å². The van der Waals surface area contributed by atoms with Crippen LogP contribution in [0.15, 0.2) is 18.2 Å². The highest BCUT2D eigenvalue weighted by molar-refractivity contribution is 6.31. The Kier molecular flexibility index (Phi) is 4.90. The molecule has 1 amide bonds. The number of hydrazine groups is 2. The average molecular weight is 328 g/mol. The van der Waals surface area contributed by atoms with Crippen LogP contribution >= 0.6 is 11.6 Å². The van der Waals surface area contributed by atoms with E-state index >= 15 is 0 Å². The minimum Gasteiger partial charge on any atom is -0.339 e. The molecule has 1 unspecified atom stereocenters. The molecule has 120 valence electrons. The number of nitrogens with one attached hydrogen (secondary N) is 3. The molecule has 1 atom stereocenters. The van der Waals surface area contributed by atoms with Gasteiger partial charge in [0.1, 0.15) is 11.9 Å². The van der Waals surface area contributed by atoms with Crippen molar-refractivity contribution in [2.75, 3.05) is 32.7 Å². The number of hydrogen-bond donors (Lipinski definition) is 3. The smallest absolute Gasteiger partial charge is 0.242 e. The highest BCUT2D eigenvalue weighted by atomic mass is 35.5. The Morgan fingerprint density at radius 1 is 1.32 bits per heavy atom. The molecule has 0 aromatic heterocycles. The molecule has 1 aromatic rings. The minimum absolute atomic E-state index is 0.0843. The molecule has 0 saturated carbocycles. The maximum absolute atomic E-state index is 13.8. The summed E-state index contributed by atoms with van der Waals surface area (Å²) < 4.78 is 13.8. The normalized spacial score (nSPS) is 23.0. The molecule has 2 aliphatic rings. The van der Waals surface area contributed by atoms with Crippen LogP contribution < -0.4 is 16.4 Å². The molecule has 0 spiro atoms. The monoisotopic (exact) mass is 327 g/mol. The first kappa shape index (κ1) is 15.6. The first-order chi connectivity index (χ1) is 10.6. The lowest BCUT2D eigenvalue weighted by Crippen LogP contribution is -2.54. The number of hydrogen-bond acceptors (Lipinski definition) is 5. The molecule has 8 heteroatoms. The van der Waals surface area contributed by atoms with Gasteiger partial charge in [0, 0.05) is 49.9 Å². The first-order valence-electron chi connectivity index (χ1n) is 7.32. The van der Waals surface area contributed by atoms with Crippen LogP contribution in [0.25, 0.3) is 0 Å². The van der Waals surface area contributed by atoms with Crippen LogP contribution in [-0.2, 0) is 11.3 Å². The SMILES string of the molecule is O=C(C1CNNN1)N1CCN(Cc2c(F)cccc2Cl)CC1. The third-order valence-electron chi connectivity index (χ3n) is 4.07. The first-order valence-corrected chi connectivity index (χ1v) is 7.70. The van der Waals surface area contributed by atoms with Crippen molar-refractivity contribution >= 4 is 17.5 Å². The second-order valence-corrected chi connectivity index (χ2v) is 5.91. The van der Waals surface area contributed by atoms with E-state index in [4.69, 9.17) is 11.6 Å². The standard InChI is InChI=1S/C14H19ClFN5O/c15-11-2-1-3-12(16)10(11)9-20-4-6-21(7-5-20)14(22)13-8-17-19-18-13/h1-3,13,17-19H,4-9H2. The molecule has 0 bridgehead atoms. The maximum Gasteiger partial charge on any atom is 0.242 e. The number of rotatable bonds is 3. The van der Waals surface area contributed by atoms with Gasteiger partial charge in [-0.2, -0.15) is 5.53 Å². The van der Waals surface area contributed by atoms with Crippen LogP contribution in [-0.4, -0.2) is 54.5 Å². The summed E-state index contributed by atoms with van der Waals surface area (Å²) in [5.74, 6) is -0.195. The van der Waals surface area contributed by atoms with Gasteiger partial charge in [-0.15, -0.1) is 0 Å². The van der Waals surface area contributed by atoms with Gasteiger partial charge in [-0.3, -0.25) is 9.69 Å². The van der Waals surface area contributed by atoms with E-state index in [0.29, 0.717) is 49.9 Å². The molecular formula is C14H19ClFN5O. The molecule has 2 fully saturated rings. The third-order valence-corrected chi connectivity index (χ3v) is 4.42. The fraction of sp³-hybridized carbons (Fsp3) is 0.500. The molecule has 1 aromatic carbocycles. The van der Waals surface area contributed by atoms with Crippen molar-refractivity contribution in [2.24, 2.45) is 0 Å². The van der Waals surface area contributed by atoms with Crippen LogP contribution in [0.5, 0.6) is 0 Å². The summed E-state index contributed by atoms with van der Waals surface area (Å²) >= 11 is 6.06. The molecule has 6 nitrogen and oxygen atoms in total. The second-order valence-electron chi connectivity index (χ2n) is 5.50. The minimum atomic E-state index is -0.279. The Balaban J connectivity index is 1.54. The lowest BCUT2D eigenvalue weighted by atomic mass is 10.1.